The van der Waals surface area contributed by atoms with Crippen molar-refractivity contribution >= 4 is 22.8 Å². The minimum absolute atomic E-state index is 0.0775. The van der Waals surface area contributed by atoms with Gasteiger partial charge in [-0.3, -0.25) is 4.79 Å². The van der Waals surface area contributed by atoms with E-state index in [1.807, 2.05) is 37.1 Å². The number of carbonyl (C=O) groups excluding carboxylic acids is 1. The van der Waals surface area contributed by atoms with Crippen LogP contribution in [0.4, 0.5) is 5.95 Å². The quantitative estimate of drug-likeness (QED) is 0.399. The van der Waals surface area contributed by atoms with E-state index in [4.69, 9.17) is 9.51 Å². The molecule has 198 valence electrons. The number of nitrogens with one attached hydrogen (secondary N) is 1. The maximum Gasteiger partial charge on any atom is 0.225 e. The average molecular weight is 515 g/mol. The van der Waals surface area contributed by atoms with Gasteiger partial charge in [0.25, 0.3) is 0 Å². The van der Waals surface area contributed by atoms with Crippen LogP contribution in [0.1, 0.15) is 50.0 Å². The topological polar surface area (TPSA) is 109 Å². The van der Waals surface area contributed by atoms with Crippen LogP contribution in [0.3, 0.4) is 0 Å². The third-order valence-electron chi connectivity index (χ3n) is 8.11. The van der Waals surface area contributed by atoms with Crippen molar-refractivity contribution < 1.29 is 14.4 Å². The normalized spacial score (nSPS) is 20.7. The minimum Gasteiger partial charge on any atom is -0.393 e. The number of aromatic nitrogens is 4. The van der Waals surface area contributed by atoms with Crippen molar-refractivity contribution in [2.45, 2.75) is 64.5 Å². The van der Waals surface area contributed by atoms with Crippen LogP contribution in [0.5, 0.6) is 0 Å². The van der Waals surface area contributed by atoms with E-state index >= 15 is 0 Å². The van der Waals surface area contributed by atoms with Crippen LogP contribution in [0.15, 0.2) is 47.2 Å². The van der Waals surface area contributed by atoms with Gasteiger partial charge in [-0.15, -0.1) is 0 Å². The van der Waals surface area contributed by atoms with Gasteiger partial charge in [-0.2, -0.15) is 4.98 Å². The fourth-order valence-corrected chi connectivity index (χ4v) is 6.02. The number of aliphatic hydroxyl groups is 1. The van der Waals surface area contributed by atoms with Crippen molar-refractivity contribution in [2.24, 2.45) is 5.92 Å². The van der Waals surface area contributed by atoms with Crippen molar-refractivity contribution in [2.75, 3.05) is 18.4 Å². The highest BCUT2D eigenvalue weighted by atomic mass is 16.5. The molecule has 9 heteroatoms. The molecule has 4 heterocycles. The molecule has 0 radical (unpaired) electrons. The smallest absolute Gasteiger partial charge is 0.225 e. The van der Waals surface area contributed by atoms with E-state index in [0.717, 1.165) is 65.0 Å². The average Bonchev–Trinajstić information content (AvgIpc) is 3.52. The highest BCUT2D eigenvalue weighted by molar-refractivity contribution is 5.97. The first-order valence-corrected chi connectivity index (χ1v) is 13.6. The molecule has 0 atom stereocenters. The van der Waals surface area contributed by atoms with Crippen LogP contribution in [-0.4, -0.2) is 60.8 Å². The van der Waals surface area contributed by atoms with Gasteiger partial charge in [0.05, 0.1) is 17.3 Å². The van der Waals surface area contributed by atoms with E-state index in [2.05, 4.69) is 38.2 Å². The van der Waals surface area contributed by atoms with Gasteiger partial charge in [-0.1, -0.05) is 17.3 Å². The Labute approximate surface area is 221 Å². The maximum absolute atomic E-state index is 12.9. The molecule has 3 aromatic heterocycles. The summed E-state index contributed by atoms with van der Waals surface area (Å²) in [6.07, 6.45) is 8.49. The highest BCUT2D eigenvalue weighted by Crippen LogP contribution is 2.34. The Morgan fingerprint density at radius 3 is 2.58 bits per heavy atom. The van der Waals surface area contributed by atoms with Crippen molar-refractivity contribution in [1.82, 2.24) is 24.6 Å². The van der Waals surface area contributed by atoms with Crippen molar-refractivity contribution in [3.63, 3.8) is 0 Å². The number of hydrogen-bond acceptors (Lipinski definition) is 7. The monoisotopic (exact) mass is 514 g/mol. The lowest BCUT2D eigenvalue weighted by Crippen LogP contribution is -2.44. The molecule has 1 aliphatic carbocycles. The Bertz CT molecular complexity index is 1420. The minimum atomic E-state index is -0.261. The van der Waals surface area contributed by atoms with Gasteiger partial charge in [0.2, 0.25) is 11.9 Å². The third kappa shape index (κ3) is 4.67. The summed E-state index contributed by atoms with van der Waals surface area (Å²) >= 11 is 0. The number of carbonyl (C=O) groups is 1. The first-order valence-electron chi connectivity index (χ1n) is 13.6. The number of fused-ring (bicyclic) bond motifs is 1. The lowest BCUT2D eigenvalue weighted by molar-refractivity contribution is -0.138. The van der Waals surface area contributed by atoms with Crippen LogP contribution in [0.2, 0.25) is 0 Å². The number of aliphatic hydroxyl groups excluding tert-OH is 1. The third-order valence-corrected chi connectivity index (χ3v) is 8.11. The molecule has 38 heavy (non-hydrogen) atoms. The standard InChI is InChI=1S/C29H34N6O3/c1-18-27(19(2)38-33-18)24-4-3-5-25-23(24)13-17-35(25)26-10-14-30-29(32-26)31-21-8-6-20(7-9-21)28(37)34-15-11-22(36)12-16-34/h3-5,10,13-14,17,20-22,36H,6-9,11-12,15-16H2,1-2H3,(H,30,31,32)/t20-,21-. The lowest BCUT2D eigenvalue weighted by atomic mass is 9.85. The number of piperidine rings is 1. The summed E-state index contributed by atoms with van der Waals surface area (Å²) in [6, 6.07) is 10.5. The van der Waals surface area contributed by atoms with E-state index in [1.54, 1.807) is 6.20 Å². The van der Waals surface area contributed by atoms with E-state index in [0.29, 0.717) is 31.9 Å². The number of anilines is 1. The van der Waals surface area contributed by atoms with Crippen LogP contribution in [-0.2, 0) is 4.79 Å². The fourth-order valence-electron chi connectivity index (χ4n) is 6.02. The molecule has 1 aliphatic heterocycles. The molecule has 0 unspecified atom stereocenters. The van der Waals surface area contributed by atoms with Crippen LogP contribution in [0, 0.1) is 19.8 Å². The van der Waals surface area contributed by atoms with E-state index in [9.17, 15) is 9.90 Å². The zero-order chi connectivity index (χ0) is 26.2. The molecule has 2 N–H and O–H groups in total. The summed E-state index contributed by atoms with van der Waals surface area (Å²) in [5, 5.41) is 18.5. The van der Waals surface area contributed by atoms with Gasteiger partial charge in [-0.05, 0) is 76.1 Å². The molecule has 9 nitrogen and oxygen atoms in total. The first kappa shape index (κ1) is 24.6. The Hall–Kier alpha value is -3.72. The molecule has 1 saturated heterocycles. The van der Waals surface area contributed by atoms with Gasteiger partial charge < -0.3 is 24.4 Å². The Balaban J connectivity index is 1.15. The fraction of sp³-hybridized carbons (Fsp3) is 0.448. The van der Waals surface area contributed by atoms with Crippen molar-refractivity contribution in [3.05, 3.63) is 54.2 Å². The Morgan fingerprint density at radius 2 is 1.84 bits per heavy atom. The Kier molecular flexibility index (Phi) is 6.61. The number of nitrogens with zero attached hydrogens (tertiary/aromatic N) is 5. The van der Waals surface area contributed by atoms with E-state index in [1.165, 1.54) is 0 Å². The van der Waals surface area contributed by atoms with Crippen LogP contribution >= 0.6 is 0 Å². The second-order valence-corrected chi connectivity index (χ2v) is 10.6. The molecule has 6 rings (SSSR count). The SMILES string of the molecule is Cc1noc(C)c1-c1cccc2c1ccn2-c1ccnc(N[C@H]2CC[C@H](C(=O)N3CCC(O)CC3)CC2)n1. The van der Waals surface area contributed by atoms with Gasteiger partial charge in [0.1, 0.15) is 11.6 Å². The predicted octanol–water partition coefficient (Wildman–Crippen LogP) is 4.65. The summed E-state index contributed by atoms with van der Waals surface area (Å²) < 4.78 is 7.49. The largest absolute Gasteiger partial charge is 0.393 e. The molecule has 2 aliphatic rings. The molecule has 1 aromatic carbocycles. The zero-order valence-corrected chi connectivity index (χ0v) is 21.9. The lowest BCUT2D eigenvalue weighted by Gasteiger charge is -2.35. The molecule has 0 bridgehead atoms. The molecule has 1 amide bonds. The Morgan fingerprint density at radius 1 is 1.05 bits per heavy atom. The van der Waals surface area contributed by atoms with Gasteiger partial charge in [-0.25, -0.2) is 4.98 Å². The number of rotatable bonds is 5. The molecule has 1 saturated carbocycles. The van der Waals surface area contributed by atoms with Crippen molar-refractivity contribution in [3.8, 4) is 16.9 Å². The summed E-state index contributed by atoms with van der Waals surface area (Å²) in [5.74, 6) is 2.54. The summed E-state index contributed by atoms with van der Waals surface area (Å²) in [5.41, 5.74) is 4.06. The number of benzene rings is 1. The summed E-state index contributed by atoms with van der Waals surface area (Å²) in [7, 11) is 0. The predicted molar refractivity (Wildman–Crippen MR) is 145 cm³/mol. The molecular formula is C29H34N6O3. The number of amides is 1. The second kappa shape index (κ2) is 10.2. The van der Waals surface area contributed by atoms with Crippen molar-refractivity contribution in [1.29, 1.82) is 0 Å². The second-order valence-electron chi connectivity index (χ2n) is 10.6. The van der Waals surface area contributed by atoms with Crippen LogP contribution < -0.4 is 5.32 Å². The first-order chi connectivity index (χ1) is 18.5. The van der Waals surface area contributed by atoms with Gasteiger partial charge in [0.15, 0.2) is 0 Å². The molecule has 4 aromatic rings. The molecule has 0 spiro atoms. The van der Waals surface area contributed by atoms with Crippen LogP contribution in [0.25, 0.3) is 27.8 Å². The van der Waals surface area contributed by atoms with E-state index < -0.39 is 0 Å². The number of likely N-dealkylation sites (tertiary alicyclic amines) is 1. The van der Waals surface area contributed by atoms with E-state index in [-0.39, 0.29) is 24.0 Å². The maximum atomic E-state index is 12.9. The van der Waals surface area contributed by atoms with Gasteiger partial charge in [0, 0.05) is 48.4 Å². The molecule has 2 fully saturated rings. The molecular weight excluding hydrogens is 480 g/mol. The summed E-state index contributed by atoms with van der Waals surface area (Å²) in [6.45, 7) is 5.25. The highest BCUT2D eigenvalue weighted by Gasteiger charge is 2.31. The zero-order valence-electron chi connectivity index (χ0n) is 21.9. The number of hydrogen-bond donors (Lipinski definition) is 2. The summed E-state index contributed by atoms with van der Waals surface area (Å²) in [4.78, 5) is 24.2. The number of aryl methyl sites for hydroxylation is 2. The van der Waals surface area contributed by atoms with Gasteiger partial charge >= 0.3 is 0 Å².